The van der Waals surface area contributed by atoms with Crippen LogP contribution in [-0.4, -0.2) is 13.7 Å². The quantitative estimate of drug-likeness (QED) is 0.177. The smallest absolute Gasteiger partial charge is 0.0794 e. The van der Waals surface area contributed by atoms with Gasteiger partial charge in [0.05, 0.1) is 13.7 Å². The van der Waals surface area contributed by atoms with Gasteiger partial charge in [-0.15, -0.1) is 0 Å². The highest BCUT2D eigenvalue weighted by atomic mass is 17.2. The zero-order chi connectivity index (χ0) is 36.9. The van der Waals surface area contributed by atoms with Crippen LogP contribution in [0.1, 0.15) is 244 Å². The zero-order valence-electron chi connectivity index (χ0n) is 35.6. The Balaban J connectivity index is -0.0000000604. The van der Waals surface area contributed by atoms with Gasteiger partial charge < -0.3 is 0 Å². The van der Waals surface area contributed by atoms with Crippen molar-refractivity contribution in [1.82, 2.24) is 0 Å². The summed E-state index contributed by atoms with van der Waals surface area (Å²) in [6.07, 6.45) is 16.6. The second-order valence-corrected chi connectivity index (χ2v) is 16.6. The van der Waals surface area contributed by atoms with E-state index in [1.165, 1.54) is 89.7 Å². The summed E-state index contributed by atoms with van der Waals surface area (Å²) in [4.78, 5) is 8.52. The lowest BCUT2D eigenvalue weighted by atomic mass is 9.68. The van der Waals surface area contributed by atoms with Crippen LogP contribution < -0.4 is 0 Å². The highest BCUT2D eigenvalue weighted by Crippen LogP contribution is 2.40. The Kier molecular flexibility index (Phi) is 53.0. The number of rotatable bonds is 10. The fourth-order valence-corrected chi connectivity index (χ4v) is 4.23. The standard InChI is InChI=1S/C12H24.C10H14.C9H20.C7H16.C3H8O2.C3H8.4CH4.H2/c1-4-12(2,3)10-11-8-6-5-7-9-11;1-3-9(2)10-7-5-4-6-8-10;1-7-9(5,6)8(2,3)4;1-5-7(3,4)6-2;1-3-5-4-2;1-3-2;;;;;/h11H,4-10H2,1-3H3;4-9H,3H2,1-2H3;7H2,1-6H3;5-6H2,1-4H3;3H2,1-2H3;3H2,1-2H3;4*1H4;1H. The fourth-order valence-electron chi connectivity index (χ4n) is 4.23. The molecule has 1 fully saturated rings. The number of hydrogen-bond donors (Lipinski definition) is 0. The van der Waals surface area contributed by atoms with Crippen molar-refractivity contribution in [1.29, 1.82) is 0 Å². The van der Waals surface area contributed by atoms with E-state index >= 15 is 0 Å². The van der Waals surface area contributed by atoms with Gasteiger partial charge in [-0.05, 0) is 58.8 Å². The van der Waals surface area contributed by atoms with Crippen LogP contribution >= 0.6 is 0 Å². The van der Waals surface area contributed by atoms with Crippen LogP contribution in [0.4, 0.5) is 0 Å². The molecule has 0 bridgehead atoms. The molecule has 0 amide bonds. The lowest BCUT2D eigenvalue weighted by molar-refractivity contribution is -0.268. The molecule has 50 heavy (non-hydrogen) atoms. The largest absolute Gasteiger partial charge is 0.240 e. The van der Waals surface area contributed by atoms with Gasteiger partial charge in [0.15, 0.2) is 0 Å². The minimum absolute atomic E-state index is 0. The third kappa shape index (κ3) is 41.6. The van der Waals surface area contributed by atoms with Crippen LogP contribution in [0, 0.1) is 27.6 Å². The Bertz CT molecular complexity index is 719. The first-order valence-corrected chi connectivity index (χ1v) is 19.4. The normalized spacial score (nSPS) is 13.1. The Hall–Kier alpha value is -0.860. The van der Waals surface area contributed by atoms with Crippen molar-refractivity contribution >= 4 is 0 Å². The first-order chi connectivity index (χ1) is 21.2. The van der Waals surface area contributed by atoms with E-state index < -0.39 is 0 Å². The average Bonchev–Trinajstić information content (AvgIpc) is 3.03. The van der Waals surface area contributed by atoms with Gasteiger partial charge in [0.2, 0.25) is 0 Å². The van der Waals surface area contributed by atoms with Crippen LogP contribution in [0.25, 0.3) is 0 Å². The molecule has 0 N–H and O–H groups in total. The minimum Gasteiger partial charge on any atom is -0.240 e. The molecule has 0 heterocycles. The number of hydrogen-bond acceptors (Lipinski definition) is 2. The molecule has 0 aromatic heterocycles. The Labute approximate surface area is 324 Å². The topological polar surface area (TPSA) is 18.5 Å². The Morgan fingerprint density at radius 1 is 0.640 bits per heavy atom. The average molecular weight is 717 g/mol. The predicted molar refractivity (Wildman–Crippen MR) is 242 cm³/mol. The van der Waals surface area contributed by atoms with Crippen LogP contribution in [0.3, 0.4) is 0 Å². The minimum atomic E-state index is 0. The van der Waals surface area contributed by atoms with Crippen molar-refractivity contribution in [2.24, 2.45) is 27.6 Å². The summed E-state index contributed by atoms with van der Waals surface area (Å²) in [5.41, 5.74) is 3.56. The van der Waals surface area contributed by atoms with E-state index in [-0.39, 0.29) is 31.1 Å². The van der Waals surface area contributed by atoms with Crippen LogP contribution in [0.2, 0.25) is 0 Å². The maximum atomic E-state index is 4.33. The summed E-state index contributed by atoms with van der Waals surface area (Å²) in [7, 11) is 1.49. The molecule has 2 nitrogen and oxygen atoms in total. The van der Waals surface area contributed by atoms with E-state index in [1.54, 1.807) is 0 Å². The lowest BCUT2D eigenvalue weighted by Crippen LogP contribution is -2.28. The summed E-state index contributed by atoms with van der Waals surface area (Å²) >= 11 is 0. The van der Waals surface area contributed by atoms with Crippen LogP contribution in [-0.2, 0) is 9.78 Å². The third-order valence-electron chi connectivity index (χ3n) is 10.6. The van der Waals surface area contributed by atoms with Gasteiger partial charge in [-0.1, -0.05) is 242 Å². The molecule has 1 aromatic carbocycles. The van der Waals surface area contributed by atoms with Gasteiger partial charge in [0.1, 0.15) is 0 Å². The first-order valence-electron chi connectivity index (χ1n) is 19.4. The molecule has 1 aromatic rings. The van der Waals surface area contributed by atoms with E-state index in [9.17, 15) is 0 Å². The fraction of sp³-hybridized carbons (Fsp3) is 0.875. The highest BCUT2D eigenvalue weighted by molar-refractivity contribution is 5.18. The summed E-state index contributed by atoms with van der Waals surface area (Å²) < 4.78 is 0. The van der Waals surface area contributed by atoms with Gasteiger partial charge in [0, 0.05) is 1.43 Å². The SMILES string of the molecule is C.C.C.C.CCC.CCC(C)(C)C(C)(C)C.CCC(C)(C)CC.CCC(C)(C)CC1CCCCC1.CCC(C)c1ccccc1.CCOOC.[HH]. The molecule has 1 unspecified atom stereocenters. The van der Waals surface area contributed by atoms with Crippen molar-refractivity contribution in [2.75, 3.05) is 13.7 Å². The molecule has 2 rings (SSSR count). The van der Waals surface area contributed by atoms with Crippen molar-refractivity contribution in [3.63, 3.8) is 0 Å². The van der Waals surface area contributed by atoms with Crippen LogP contribution in [0.15, 0.2) is 30.3 Å². The van der Waals surface area contributed by atoms with Crippen molar-refractivity contribution in [3.8, 4) is 0 Å². The zero-order valence-corrected chi connectivity index (χ0v) is 35.6. The van der Waals surface area contributed by atoms with E-state index in [4.69, 9.17) is 0 Å². The number of benzene rings is 1. The molecular formula is C48H108O2. The molecular weight excluding hydrogens is 609 g/mol. The highest BCUT2D eigenvalue weighted by Gasteiger charge is 2.30. The van der Waals surface area contributed by atoms with Gasteiger partial charge in [-0.25, -0.2) is 9.78 Å². The monoisotopic (exact) mass is 717 g/mol. The molecule has 1 atom stereocenters. The van der Waals surface area contributed by atoms with E-state index in [1.807, 2.05) is 6.92 Å². The van der Waals surface area contributed by atoms with Gasteiger partial charge in [0.25, 0.3) is 0 Å². The van der Waals surface area contributed by atoms with E-state index in [0.717, 1.165) is 5.92 Å². The summed E-state index contributed by atoms with van der Waals surface area (Å²) in [6.45, 7) is 41.3. The lowest BCUT2D eigenvalue weighted by Gasteiger charge is -2.37. The second kappa shape index (κ2) is 39.3. The molecule has 1 saturated carbocycles. The van der Waals surface area contributed by atoms with E-state index in [2.05, 4.69) is 158 Å². The molecule has 0 saturated heterocycles. The third-order valence-corrected chi connectivity index (χ3v) is 10.6. The summed E-state index contributed by atoms with van der Waals surface area (Å²) in [5, 5.41) is 0. The molecule has 0 spiro atoms. The first kappa shape index (κ1) is 67.3. The van der Waals surface area contributed by atoms with Gasteiger partial charge >= 0.3 is 0 Å². The van der Waals surface area contributed by atoms with Crippen molar-refractivity contribution in [3.05, 3.63) is 35.9 Å². The molecule has 0 radical (unpaired) electrons. The molecule has 0 aliphatic heterocycles. The van der Waals surface area contributed by atoms with Crippen LogP contribution in [0.5, 0.6) is 0 Å². The Morgan fingerprint density at radius 3 is 1.26 bits per heavy atom. The Morgan fingerprint density at radius 2 is 1.04 bits per heavy atom. The van der Waals surface area contributed by atoms with Gasteiger partial charge in [-0.3, -0.25) is 0 Å². The molecule has 312 valence electrons. The molecule has 2 heteroatoms. The molecule has 1 aliphatic rings. The van der Waals surface area contributed by atoms with Gasteiger partial charge in [-0.2, -0.15) is 0 Å². The van der Waals surface area contributed by atoms with E-state index in [0.29, 0.717) is 34.2 Å². The maximum Gasteiger partial charge on any atom is 0.0794 e. The van der Waals surface area contributed by atoms with Crippen molar-refractivity contribution in [2.45, 2.75) is 237 Å². The molecule has 1 aliphatic carbocycles. The van der Waals surface area contributed by atoms with Crippen molar-refractivity contribution < 1.29 is 11.2 Å². The summed E-state index contributed by atoms with van der Waals surface area (Å²) in [5.74, 6) is 1.76. The predicted octanol–water partition coefficient (Wildman–Crippen LogP) is 18.7. The maximum absolute atomic E-state index is 4.33. The summed E-state index contributed by atoms with van der Waals surface area (Å²) in [6, 6.07) is 10.6. The second-order valence-electron chi connectivity index (χ2n) is 16.6.